The quantitative estimate of drug-likeness (QED) is 0.531. The van der Waals surface area contributed by atoms with Crippen LogP contribution in [-0.4, -0.2) is 22.1 Å². The lowest BCUT2D eigenvalue weighted by Crippen LogP contribution is -2.03. The number of nitriles is 1. The van der Waals surface area contributed by atoms with Gasteiger partial charge < -0.3 is 9.30 Å². The van der Waals surface area contributed by atoms with Crippen molar-refractivity contribution in [3.63, 3.8) is 0 Å². The summed E-state index contributed by atoms with van der Waals surface area (Å²) in [5.41, 5.74) is 2.96. The Balaban J connectivity index is 2.09. The number of thiazole rings is 1. The van der Waals surface area contributed by atoms with Crippen LogP contribution in [0.25, 0.3) is 21.5 Å². The molecule has 0 amide bonds. The number of terminal acetylenes is 1. The van der Waals surface area contributed by atoms with Gasteiger partial charge in [0.05, 0.1) is 29.9 Å². The average Bonchev–Trinajstić information content (AvgIpc) is 3.16. The molecule has 0 saturated carbocycles. The number of carbonyl (C=O) groups excluding carboxylic acids is 1. The monoisotopic (exact) mass is 349 g/mol. The zero-order valence-electron chi connectivity index (χ0n) is 13.9. The lowest BCUT2D eigenvalue weighted by molar-refractivity contribution is 0.0531. The minimum absolute atomic E-state index is 0.325. The molecule has 0 aliphatic carbocycles. The van der Waals surface area contributed by atoms with E-state index < -0.39 is 0 Å². The summed E-state index contributed by atoms with van der Waals surface area (Å²) < 4.78 is 6.93. The minimum Gasteiger partial charge on any atom is -0.462 e. The summed E-state index contributed by atoms with van der Waals surface area (Å²) in [4.78, 5) is 17.0. The van der Waals surface area contributed by atoms with Crippen LogP contribution in [0, 0.1) is 30.6 Å². The third-order valence-electron chi connectivity index (χ3n) is 3.77. The molecule has 3 rings (SSSR count). The minimum atomic E-state index is -0.359. The number of aromatic nitrogens is 2. The van der Waals surface area contributed by atoms with Gasteiger partial charge >= 0.3 is 5.97 Å². The smallest absolute Gasteiger partial charge is 0.350 e. The second kappa shape index (κ2) is 6.80. The molecule has 5 nitrogen and oxygen atoms in total. The maximum atomic E-state index is 12.0. The standard InChI is InChI=1S/C19H15N3O2S/c1-4-8-22-11-14(10-20)15-9-13(6-7-16(15)22)18-21-12(3)17(25-18)19(23)24-5-2/h1,6-7,9,11H,5,8H2,2-3H3. The zero-order chi connectivity index (χ0) is 18.0. The number of hydrogen-bond donors (Lipinski definition) is 0. The third kappa shape index (κ3) is 3.00. The molecule has 25 heavy (non-hydrogen) atoms. The number of carbonyl (C=O) groups is 1. The van der Waals surface area contributed by atoms with Crippen molar-refractivity contribution in [3.8, 4) is 29.0 Å². The molecule has 1 aromatic carbocycles. The van der Waals surface area contributed by atoms with E-state index in [0.29, 0.717) is 29.3 Å². The molecule has 6 heteroatoms. The highest BCUT2D eigenvalue weighted by Crippen LogP contribution is 2.32. The van der Waals surface area contributed by atoms with Crippen molar-refractivity contribution >= 4 is 28.2 Å². The fourth-order valence-corrected chi connectivity index (χ4v) is 3.61. The van der Waals surface area contributed by atoms with Crippen LogP contribution in [0.4, 0.5) is 0 Å². The van der Waals surface area contributed by atoms with Crippen LogP contribution in [0.3, 0.4) is 0 Å². The molecular formula is C19H15N3O2S. The van der Waals surface area contributed by atoms with Gasteiger partial charge in [0.25, 0.3) is 0 Å². The Morgan fingerprint density at radius 1 is 1.48 bits per heavy atom. The van der Waals surface area contributed by atoms with Gasteiger partial charge in [-0.2, -0.15) is 5.26 Å². The summed E-state index contributed by atoms with van der Waals surface area (Å²) in [5.74, 6) is 2.23. The summed E-state index contributed by atoms with van der Waals surface area (Å²) in [6.45, 7) is 4.29. The van der Waals surface area contributed by atoms with Crippen LogP contribution < -0.4 is 0 Å². The van der Waals surface area contributed by atoms with Gasteiger partial charge in [0.15, 0.2) is 0 Å². The highest BCUT2D eigenvalue weighted by Gasteiger charge is 2.18. The summed E-state index contributed by atoms with van der Waals surface area (Å²) in [7, 11) is 0. The zero-order valence-corrected chi connectivity index (χ0v) is 14.7. The maximum absolute atomic E-state index is 12.0. The predicted octanol–water partition coefficient (Wildman–Crippen LogP) is 3.75. The number of aryl methyl sites for hydroxylation is 1. The predicted molar refractivity (Wildman–Crippen MR) is 97.3 cm³/mol. The molecule has 0 atom stereocenters. The first kappa shape index (κ1) is 16.8. The summed E-state index contributed by atoms with van der Waals surface area (Å²) in [5, 5.41) is 10.9. The number of ether oxygens (including phenoxy) is 1. The van der Waals surface area contributed by atoms with Gasteiger partial charge in [-0.25, -0.2) is 9.78 Å². The fraction of sp³-hybridized carbons (Fsp3) is 0.211. The molecule has 0 radical (unpaired) electrons. The molecule has 0 unspecified atom stereocenters. The molecule has 0 fully saturated rings. The number of hydrogen-bond acceptors (Lipinski definition) is 5. The van der Waals surface area contributed by atoms with Gasteiger partial charge in [-0.05, 0) is 32.0 Å². The van der Waals surface area contributed by atoms with Crippen molar-refractivity contribution in [2.75, 3.05) is 6.61 Å². The number of nitrogens with zero attached hydrogens (tertiary/aromatic N) is 3. The Bertz CT molecular complexity index is 1050. The van der Waals surface area contributed by atoms with Crippen LogP contribution in [0.5, 0.6) is 0 Å². The van der Waals surface area contributed by atoms with Crippen LogP contribution >= 0.6 is 11.3 Å². The van der Waals surface area contributed by atoms with E-state index in [1.807, 2.05) is 22.8 Å². The van der Waals surface area contributed by atoms with E-state index >= 15 is 0 Å². The molecule has 3 aromatic rings. The van der Waals surface area contributed by atoms with Crippen LogP contribution in [0.1, 0.15) is 27.9 Å². The topological polar surface area (TPSA) is 67.9 Å². The molecule has 2 heterocycles. The van der Waals surface area contributed by atoms with Crippen molar-refractivity contribution in [2.24, 2.45) is 0 Å². The Morgan fingerprint density at radius 3 is 2.96 bits per heavy atom. The summed E-state index contributed by atoms with van der Waals surface area (Å²) in [6, 6.07) is 7.95. The number of rotatable bonds is 4. The van der Waals surface area contributed by atoms with Crippen molar-refractivity contribution in [1.29, 1.82) is 5.26 Å². The average molecular weight is 349 g/mol. The first-order valence-electron chi connectivity index (χ1n) is 7.70. The fourth-order valence-electron chi connectivity index (χ4n) is 2.65. The molecule has 2 aromatic heterocycles. The Hall–Kier alpha value is -3.09. The van der Waals surface area contributed by atoms with Crippen LogP contribution in [0.2, 0.25) is 0 Å². The first-order valence-corrected chi connectivity index (χ1v) is 8.52. The Kier molecular flexibility index (Phi) is 4.56. The Morgan fingerprint density at radius 2 is 2.28 bits per heavy atom. The molecular weight excluding hydrogens is 334 g/mol. The maximum Gasteiger partial charge on any atom is 0.350 e. The molecule has 0 spiro atoms. The van der Waals surface area contributed by atoms with Gasteiger partial charge in [0.1, 0.15) is 16.0 Å². The highest BCUT2D eigenvalue weighted by atomic mass is 32.1. The molecule has 0 bridgehead atoms. The normalized spacial score (nSPS) is 10.4. The van der Waals surface area contributed by atoms with Crippen molar-refractivity contribution in [1.82, 2.24) is 9.55 Å². The van der Waals surface area contributed by atoms with Crippen LogP contribution in [0.15, 0.2) is 24.4 Å². The third-order valence-corrected chi connectivity index (χ3v) is 4.95. The Labute approximate surface area is 149 Å². The van der Waals surface area contributed by atoms with Crippen molar-refractivity contribution in [2.45, 2.75) is 20.4 Å². The summed E-state index contributed by atoms with van der Waals surface area (Å²) >= 11 is 1.29. The van der Waals surface area contributed by atoms with E-state index in [1.165, 1.54) is 11.3 Å². The van der Waals surface area contributed by atoms with Crippen molar-refractivity contribution < 1.29 is 9.53 Å². The van der Waals surface area contributed by atoms with Gasteiger partial charge in [0, 0.05) is 17.1 Å². The second-order valence-electron chi connectivity index (χ2n) is 5.37. The van der Waals surface area contributed by atoms with E-state index in [2.05, 4.69) is 17.0 Å². The van der Waals surface area contributed by atoms with E-state index in [-0.39, 0.29) is 5.97 Å². The summed E-state index contributed by atoms with van der Waals surface area (Å²) in [6.07, 6.45) is 7.15. The van der Waals surface area contributed by atoms with E-state index in [1.54, 1.807) is 20.0 Å². The van der Waals surface area contributed by atoms with Gasteiger partial charge in [-0.1, -0.05) is 5.92 Å². The van der Waals surface area contributed by atoms with Crippen molar-refractivity contribution in [3.05, 3.63) is 40.5 Å². The lowest BCUT2D eigenvalue weighted by Gasteiger charge is -2.01. The van der Waals surface area contributed by atoms with Gasteiger partial charge in [-0.15, -0.1) is 17.8 Å². The number of fused-ring (bicyclic) bond motifs is 1. The number of benzene rings is 1. The molecule has 124 valence electrons. The SMILES string of the molecule is C#CCn1cc(C#N)c2cc(-c3nc(C)c(C(=O)OCC)s3)ccc21. The molecule has 0 aliphatic rings. The first-order chi connectivity index (χ1) is 12.1. The van der Waals surface area contributed by atoms with Crippen LogP contribution in [-0.2, 0) is 11.3 Å². The molecule has 0 N–H and O–H groups in total. The second-order valence-corrected chi connectivity index (χ2v) is 6.37. The van der Waals surface area contributed by atoms with E-state index in [4.69, 9.17) is 11.2 Å². The van der Waals surface area contributed by atoms with E-state index in [0.717, 1.165) is 21.5 Å². The highest BCUT2D eigenvalue weighted by molar-refractivity contribution is 7.17. The van der Waals surface area contributed by atoms with Gasteiger partial charge in [0.2, 0.25) is 0 Å². The van der Waals surface area contributed by atoms with E-state index in [9.17, 15) is 10.1 Å². The largest absolute Gasteiger partial charge is 0.462 e. The lowest BCUT2D eigenvalue weighted by atomic mass is 10.1. The number of esters is 1. The molecule has 0 aliphatic heterocycles. The molecule has 0 saturated heterocycles. The van der Waals surface area contributed by atoms with Gasteiger partial charge in [-0.3, -0.25) is 0 Å².